The van der Waals surface area contributed by atoms with Crippen LogP contribution in [-0.2, 0) is 5.75 Å². The number of hydrogen-bond donors (Lipinski definition) is 0. The molecule has 190 valence electrons. The molecule has 2 aromatic carbocycles. The fraction of sp³-hybridized carbons (Fsp3) is 0.250. The van der Waals surface area contributed by atoms with E-state index in [-0.39, 0.29) is 11.6 Å². The van der Waals surface area contributed by atoms with Gasteiger partial charge in [-0.2, -0.15) is 0 Å². The van der Waals surface area contributed by atoms with Crippen LogP contribution < -0.4 is 4.90 Å². The molecular formula is C24H22ClN7O3S2. The van der Waals surface area contributed by atoms with Crippen molar-refractivity contribution in [3.8, 4) is 5.69 Å². The Morgan fingerprint density at radius 2 is 1.86 bits per heavy atom. The van der Waals surface area contributed by atoms with Gasteiger partial charge in [0, 0.05) is 54.4 Å². The molecule has 1 amide bonds. The van der Waals surface area contributed by atoms with E-state index in [1.54, 1.807) is 22.4 Å². The summed E-state index contributed by atoms with van der Waals surface area (Å²) in [4.78, 5) is 32.0. The Labute approximate surface area is 226 Å². The van der Waals surface area contributed by atoms with Gasteiger partial charge in [-0.3, -0.25) is 19.5 Å². The number of nitrogens with zero attached hydrogens (tertiary/aromatic N) is 7. The average Bonchev–Trinajstić information content (AvgIpc) is 3.53. The third-order valence-electron chi connectivity index (χ3n) is 5.95. The number of carbonyl (C=O) groups excluding carboxylic acids is 1. The molecule has 0 bridgehead atoms. The first-order valence-corrected chi connectivity index (χ1v) is 13.7. The van der Waals surface area contributed by atoms with Gasteiger partial charge in [-0.25, -0.2) is 4.98 Å². The minimum Gasteiger partial charge on any atom is -0.368 e. The first-order chi connectivity index (χ1) is 17.9. The minimum absolute atomic E-state index is 0.0647. The van der Waals surface area contributed by atoms with Crippen LogP contribution in [0.15, 0.2) is 59.1 Å². The van der Waals surface area contributed by atoms with Crippen molar-refractivity contribution < 1.29 is 9.72 Å². The van der Waals surface area contributed by atoms with Crippen molar-refractivity contribution in [1.82, 2.24) is 24.6 Å². The van der Waals surface area contributed by atoms with E-state index in [9.17, 15) is 14.9 Å². The van der Waals surface area contributed by atoms with Gasteiger partial charge in [0.15, 0.2) is 5.16 Å². The van der Waals surface area contributed by atoms with Crippen LogP contribution in [0.3, 0.4) is 0 Å². The van der Waals surface area contributed by atoms with Gasteiger partial charge in [-0.15, -0.1) is 21.5 Å². The summed E-state index contributed by atoms with van der Waals surface area (Å²) in [5, 5.41) is 23.4. The lowest BCUT2D eigenvalue weighted by Gasteiger charge is -2.35. The summed E-state index contributed by atoms with van der Waals surface area (Å²) in [5.74, 6) is 1.23. The molecule has 5 rings (SSSR count). The van der Waals surface area contributed by atoms with Crippen molar-refractivity contribution >= 4 is 52.0 Å². The Balaban J connectivity index is 1.18. The highest BCUT2D eigenvalue weighted by atomic mass is 35.5. The molecule has 1 aliphatic rings. The van der Waals surface area contributed by atoms with Gasteiger partial charge in [0.05, 0.1) is 16.4 Å². The molecule has 0 radical (unpaired) electrons. The summed E-state index contributed by atoms with van der Waals surface area (Å²) in [7, 11) is 0. The van der Waals surface area contributed by atoms with Crippen LogP contribution >= 0.6 is 34.7 Å². The molecule has 0 unspecified atom stereocenters. The first-order valence-electron chi connectivity index (χ1n) is 11.4. The van der Waals surface area contributed by atoms with E-state index in [1.165, 1.54) is 35.2 Å². The summed E-state index contributed by atoms with van der Waals surface area (Å²) < 4.78 is 1.95. The number of aryl methyl sites for hydroxylation is 1. The molecule has 37 heavy (non-hydrogen) atoms. The molecule has 13 heteroatoms. The number of nitro groups is 1. The zero-order valence-electron chi connectivity index (χ0n) is 19.8. The first kappa shape index (κ1) is 25.2. The number of benzene rings is 2. The molecule has 10 nitrogen and oxygen atoms in total. The fourth-order valence-corrected chi connectivity index (χ4v) is 6.03. The number of carbonyl (C=O) groups is 1. The third-order valence-corrected chi connectivity index (χ3v) is 8.16. The lowest BCUT2D eigenvalue weighted by atomic mass is 10.2. The van der Waals surface area contributed by atoms with E-state index in [1.807, 2.05) is 35.8 Å². The van der Waals surface area contributed by atoms with Crippen molar-refractivity contribution in [3.05, 3.63) is 85.6 Å². The predicted molar refractivity (Wildman–Crippen MR) is 144 cm³/mol. The molecule has 0 saturated carbocycles. The molecule has 3 heterocycles. The largest absolute Gasteiger partial charge is 0.368 e. The third kappa shape index (κ3) is 5.60. The summed E-state index contributed by atoms with van der Waals surface area (Å²) in [6.07, 6.45) is 0. The maximum absolute atomic E-state index is 13.1. The molecule has 0 spiro atoms. The van der Waals surface area contributed by atoms with Crippen LogP contribution in [0.2, 0.25) is 5.02 Å². The molecule has 1 fully saturated rings. The zero-order chi connectivity index (χ0) is 25.9. The van der Waals surface area contributed by atoms with E-state index < -0.39 is 4.92 Å². The van der Waals surface area contributed by atoms with E-state index in [0.717, 1.165) is 27.4 Å². The van der Waals surface area contributed by atoms with E-state index in [2.05, 4.69) is 20.1 Å². The minimum atomic E-state index is -0.410. The van der Waals surface area contributed by atoms with Crippen molar-refractivity contribution in [3.63, 3.8) is 0 Å². The number of aromatic nitrogens is 4. The quantitative estimate of drug-likeness (QED) is 0.181. The number of anilines is 1. The number of non-ortho nitro benzene ring substituents is 1. The Hall–Kier alpha value is -3.48. The van der Waals surface area contributed by atoms with Gasteiger partial charge in [0.1, 0.15) is 16.5 Å². The summed E-state index contributed by atoms with van der Waals surface area (Å²) in [5.41, 5.74) is 2.30. The molecule has 1 aliphatic heterocycles. The van der Waals surface area contributed by atoms with Gasteiger partial charge >= 0.3 is 0 Å². The maximum Gasteiger partial charge on any atom is 0.273 e. The van der Waals surface area contributed by atoms with Crippen molar-refractivity contribution in [1.29, 1.82) is 0 Å². The average molecular weight is 556 g/mol. The number of halogens is 1. The predicted octanol–water partition coefficient (Wildman–Crippen LogP) is 4.85. The molecular weight excluding hydrogens is 534 g/mol. The van der Waals surface area contributed by atoms with E-state index in [0.29, 0.717) is 42.6 Å². The highest BCUT2D eigenvalue weighted by Gasteiger charge is 2.24. The van der Waals surface area contributed by atoms with Crippen molar-refractivity contribution in [2.24, 2.45) is 0 Å². The molecule has 0 atom stereocenters. The zero-order valence-corrected chi connectivity index (χ0v) is 22.2. The number of rotatable bonds is 7. The van der Waals surface area contributed by atoms with Gasteiger partial charge in [-0.05, 0) is 37.3 Å². The lowest BCUT2D eigenvalue weighted by Crippen LogP contribution is -2.48. The van der Waals surface area contributed by atoms with Crippen LogP contribution in [0.25, 0.3) is 5.69 Å². The molecule has 1 saturated heterocycles. The van der Waals surface area contributed by atoms with Crippen LogP contribution in [0.4, 0.5) is 11.4 Å². The smallest absolute Gasteiger partial charge is 0.273 e. The summed E-state index contributed by atoms with van der Waals surface area (Å²) >= 11 is 9.11. The van der Waals surface area contributed by atoms with E-state index >= 15 is 0 Å². The monoisotopic (exact) mass is 555 g/mol. The second kappa shape index (κ2) is 10.9. The van der Waals surface area contributed by atoms with Crippen LogP contribution in [0, 0.1) is 17.0 Å². The second-order valence-electron chi connectivity index (χ2n) is 8.31. The molecule has 0 aliphatic carbocycles. The normalized spacial score (nSPS) is 13.7. The van der Waals surface area contributed by atoms with Crippen LogP contribution in [-0.4, -0.2) is 61.7 Å². The molecule has 2 aromatic heterocycles. The number of hydrogen-bond acceptors (Lipinski definition) is 9. The Morgan fingerprint density at radius 1 is 1.11 bits per heavy atom. The van der Waals surface area contributed by atoms with Gasteiger partial charge < -0.3 is 9.80 Å². The summed E-state index contributed by atoms with van der Waals surface area (Å²) in [6.45, 7) is 4.29. The van der Waals surface area contributed by atoms with Crippen molar-refractivity contribution in [2.75, 3.05) is 31.1 Å². The highest BCUT2D eigenvalue weighted by Crippen LogP contribution is 2.28. The number of thiazole rings is 1. The highest BCUT2D eigenvalue weighted by molar-refractivity contribution is 7.98. The fourth-order valence-electron chi connectivity index (χ4n) is 4.07. The maximum atomic E-state index is 13.1. The van der Waals surface area contributed by atoms with Crippen LogP contribution in [0.5, 0.6) is 0 Å². The van der Waals surface area contributed by atoms with Crippen LogP contribution in [0.1, 0.15) is 21.3 Å². The van der Waals surface area contributed by atoms with Gasteiger partial charge in [0.25, 0.3) is 11.6 Å². The number of amides is 1. The molecule has 0 N–H and O–H groups in total. The Morgan fingerprint density at radius 3 is 2.57 bits per heavy atom. The van der Waals surface area contributed by atoms with Crippen molar-refractivity contribution in [2.45, 2.75) is 17.8 Å². The lowest BCUT2D eigenvalue weighted by molar-refractivity contribution is -0.384. The Kier molecular flexibility index (Phi) is 7.40. The molecule has 4 aromatic rings. The standard InChI is InChI=1S/C24H22ClN7O3S2/c1-16-27-28-24(31(16)20-4-2-3-17(25)13-20)37-15-22-26-21(14-36-22)23(33)30-11-9-29(10-12-30)18-5-7-19(8-6-18)32(34)35/h2-8,13-14H,9-12,15H2,1H3. The number of nitro benzene ring substituents is 1. The topological polar surface area (TPSA) is 110 Å². The number of thioether (sulfide) groups is 1. The SMILES string of the molecule is Cc1nnc(SCc2nc(C(=O)N3CCN(c4ccc([N+](=O)[O-])cc4)CC3)cs2)n1-c1cccc(Cl)c1. The van der Waals surface area contributed by atoms with E-state index in [4.69, 9.17) is 11.6 Å². The number of piperazine rings is 1. The van der Waals surface area contributed by atoms with Gasteiger partial charge in [0.2, 0.25) is 0 Å². The summed E-state index contributed by atoms with van der Waals surface area (Å²) in [6, 6.07) is 14.0. The Bertz CT molecular complexity index is 1430. The second-order valence-corrected chi connectivity index (χ2v) is 10.6. The van der Waals surface area contributed by atoms with Gasteiger partial charge in [-0.1, -0.05) is 29.4 Å².